The Morgan fingerprint density at radius 1 is 1.29 bits per heavy atom. The zero-order valence-corrected chi connectivity index (χ0v) is 12.0. The quantitative estimate of drug-likeness (QED) is 0.560. The van der Waals surface area contributed by atoms with Crippen LogP contribution in [0.15, 0.2) is 48.8 Å². The molecule has 2 rings (SSSR count). The molecule has 0 bridgehead atoms. The van der Waals surface area contributed by atoms with E-state index in [9.17, 15) is 4.79 Å². The first-order valence-corrected chi connectivity index (χ1v) is 6.96. The highest BCUT2D eigenvalue weighted by Gasteiger charge is 2.13. The van der Waals surface area contributed by atoms with E-state index >= 15 is 0 Å². The number of rotatable bonds is 6. The van der Waals surface area contributed by atoms with Gasteiger partial charge < -0.3 is 10.7 Å². The van der Waals surface area contributed by atoms with Gasteiger partial charge in [0.1, 0.15) is 0 Å². The molecule has 0 saturated carbocycles. The van der Waals surface area contributed by atoms with Gasteiger partial charge in [-0.1, -0.05) is 30.3 Å². The summed E-state index contributed by atoms with van der Waals surface area (Å²) in [5.74, 6) is 5.24. The van der Waals surface area contributed by atoms with Gasteiger partial charge >= 0.3 is 0 Å². The number of amides is 1. The Bertz CT molecular complexity index is 586. The summed E-state index contributed by atoms with van der Waals surface area (Å²) in [7, 11) is 0. The minimum absolute atomic E-state index is 0.0801. The summed E-state index contributed by atoms with van der Waals surface area (Å²) in [6, 6.07) is 12.0. The lowest BCUT2D eigenvalue weighted by Gasteiger charge is -2.15. The Hall–Kier alpha value is -2.40. The van der Waals surface area contributed by atoms with E-state index in [4.69, 9.17) is 5.84 Å². The molecule has 2 aromatic rings. The maximum absolute atomic E-state index is 12.2. The van der Waals surface area contributed by atoms with E-state index in [0.717, 1.165) is 12.8 Å². The van der Waals surface area contributed by atoms with Crippen molar-refractivity contribution in [3.8, 4) is 0 Å². The topological polar surface area (TPSA) is 80.0 Å². The molecule has 1 heterocycles. The smallest absolute Gasteiger partial charge is 0.253 e. The van der Waals surface area contributed by atoms with Gasteiger partial charge in [0.2, 0.25) is 0 Å². The van der Waals surface area contributed by atoms with Gasteiger partial charge in [-0.05, 0) is 31.4 Å². The van der Waals surface area contributed by atoms with Gasteiger partial charge in [-0.2, -0.15) is 0 Å². The third-order valence-corrected chi connectivity index (χ3v) is 3.31. The van der Waals surface area contributed by atoms with Crippen LogP contribution in [0.25, 0.3) is 0 Å². The van der Waals surface area contributed by atoms with E-state index in [0.29, 0.717) is 11.3 Å². The van der Waals surface area contributed by atoms with E-state index in [1.54, 1.807) is 12.3 Å². The number of nitrogens with zero attached hydrogens (tertiary/aromatic N) is 1. The Morgan fingerprint density at radius 3 is 2.76 bits per heavy atom. The molecule has 5 heteroatoms. The minimum atomic E-state index is -0.147. The predicted molar refractivity (Wildman–Crippen MR) is 83.7 cm³/mol. The van der Waals surface area contributed by atoms with Crippen LogP contribution in [0.4, 0.5) is 5.69 Å². The Kier molecular flexibility index (Phi) is 5.29. The van der Waals surface area contributed by atoms with Crippen LogP contribution in [0.1, 0.15) is 29.3 Å². The van der Waals surface area contributed by atoms with Gasteiger partial charge in [-0.3, -0.25) is 15.6 Å². The number of benzene rings is 1. The molecule has 0 saturated heterocycles. The number of pyridine rings is 1. The second-order valence-electron chi connectivity index (χ2n) is 4.96. The van der Waals surface area contributed by atoms with Gasteiger partial charge in [0, 0.05) is 12.2 Å². The van der Waals surface area contributed by atoms with Crippen molar-refractivity contribution >= 4 is 11.6 Å². The molecule has 1 aromatic carbocycles. The molecule has 1 atom stereocenters. The summed E-state index contributed by atoms with van der Waals surface area (Å²) in [5, 5.41) is 2.98. The maximum atomic E-state index is 12.2. The van der Waals surface area contributed by atoms with E-state index in [1.807, 2.05) is 25.1 Å². The average Bonchev–Trinajstić information content (AvgIpc) is 2.53. The average molecular weight is 284 g/mol. The Labute approximate surface area is 124 Å². The number of aromatic nitrogens is 1. The molecule has 1 unspecified atom stereocenters. The number of hydrogen-bond acceptors (Lipinski definition) is 4. The number of nitrogens with one attached hydrogen (secondary N) is 2. The van der Waals surface area contributed by atoms with Gasteiger partial charge in [-0.15, -0.1) is 0 Å². The van der Waals surface area contributed by atoms with Gasteiger partial charge in [0.25, 0.3) is 5.91 Å². The van der Waals surface area contributed by atoms with Gasteiger partial charge in [-0.25, -0.2) is 0 Å². The molecule has 0 radical (unpaired) electrons. The number of aryl methyl sites for hydroxylation is 1. The van der Waals surface area contributed by atoms with Gasteiger partial charge in [0.05, 0.1) is 17.4 Å². The van der Waals surface area contributed by atoms with E-state index in [-0.39, 0.29) is 11.9 Å². The second kappa shape index (κ2) is 7.40. The van der Waals surface area contributed by atoms with Crippen LogP contribution in [0.3, 0.4) is 0 Å². The lowest BCUT2D eigenvalue weighted by atomic mass is 10.1. The monoisotopic (exact) mass is 284 g/mol. The minimum Gasteiger partial charge on any atom is -0.350 e. The Balaban J connectivity index is 1.90. The summed E-state index contributed by atoms with van der Waals surface area (Å²) in [5.41, 5.74) is 4.77. The summed E-state index contributed by atoms with van der Waals surface area (Å²) in [6.45, 7) is 2.00. The fourth-order valence-electron chi connectivity index (χ4n) is 2.11. The largest absolute Gasteiger partial charge is 0.350 e. The number of carbonyl (C=O) groups is 1. The summed E-state index contributed by atoms with van der Waals surface area (Å²) in [6.07, 6.45) is 4.92. The first-order chi connectivity index (χ1) is 10.2. The van der Waals surface area contributed by atoms with Crippen LogP contribution >= 0.6 is 0 Å². The highest BCUT2D eigenvalue weighted by atomic mass is 16.1. The fourth-order valence-corrected chi connectivity index (χ4v) is 2.11. The van der Waals surface area contributed by atoms with Crippen LogP contribution in [0.2, 0.25) is 0 Å². The number of nitrogens with two attached hydrogens (primary N) is 1. The summed E-state index contributed by atoms with van der Waals surface area (Å²) in [4.78, 5) is 16.1. The van der Waals surface area contributed by atoms with Crippen LogP contribution in [0, 0.1) is 0 Å². The number of hydrogen-bond donors (Lipinski definition) is 3. The van der Waals surface area contributed by atoms with Crippen LogP contribution in [0.5, 0.6) is 0 Å². The third-order valence-electron chi connectivity index (χ3n) is 3.31. The van der Waals surface area contributed by atoms with Crippen molar-refractivity contribution in [1.82, 2.24) is 10.3 Å². The molecule has 1 aromatic heterocycles. The molecule has 4 N–H and O–H groups in total. The van der Waals surface area contributed by atoms with Crippen molar-refractivity contribution in [2.45, 2.75) is 25.8 Å². The van der Waals surface area contributed by atoms with E-state index in [2.05, 4.69) is 27.9 Å². The molecular formula is C16H20N4O. The van der Waals surface area contributed by atoms with Crippen molar-refractivity contribution in [3.63, 3.8) is 0 Å². The molecule has 0 aliphatic heterocycles. The molecule has 0 aliphatic carbocycles. The molecule has 0 fully saturated rings. The highest BCUT2D eigenvalue weighted by molar-refractivity contribution is 5.99. The van der Waals surface area contributed by atoms with Crippen LogP contribution in [-0.4, -0.2) is 16.9 Å². The predicted octanol–water partition coefficient (Wildman–Crippen LogP) is 2.12. The lowest BCUT2D eigenvalue weighted by molar-refractivity contribution is 0.0939. The van der Waals surface area contributed by atoms with Gasteiger partial charge in [0.15, 0.2) is 0 Å². The van der Waals surface area contributed by atoms with E-state index < -0.39 is 0 Å². The molecule has 0 aliphatic rings. The SMILES string of the molecule is CC(CCc1ccccc1)NC(=O)c1ccncc1NN. The van der Waals surface area contributed by atoms with Crippen molar-refractivity contribution in [2.75, 3.05) is 5.43 Å². The van der Waals surface area contributed by atoms with Crippen LogP contribution in [-0.2, 0) is 6.42 Å². The van der Waals surface area contributed by atoms with Crippen molar-refractivity contribution in [3.05, 3.63) is 59.9 Å². The zero-order valence-electron chi connectivity index (χ0n) is 12.0. The number of anilines is 1. The molecule has 21 heavy (non-hydrogen) atoms. The van der Waals surface area contributed by atoms with E-state index in [1.165, 1.54) is 11.8 Å². The number of hydrazine groups is 1. The maximum Gasteiger partial charge on any atom is 0.253 e. The molecule has 110 valence electrons. The van der Waals surface area contributed by atoms with Crippen molar-refractivity contribution < 1.29 is 4.79 Å². The third kappa shape index (κ3) is 4.29. The zero-order chi connectivity index (χ0) is 15.1. The first kappa shape index (κ1) is 15.0. The normalized spacial score (nSPS) is 11.7. The van der Waals surface area contributed by atoms with Crippen LogP contribution < -0.4 is 16.6 Å². The fraction of sp³-hybridized carbons (Fsp3) is 0.250. The number of nitrogen functional groups attached to an aromatic ring is 1. The lowest BCUT2D eigenvalue weighted by Crippen LogP contribution is -2.33. The summed E-state index contributed by atoms with van der Waals surface area (Å²) >= 11 is 0. The Morgan fingerprint density at radius 2 is 2.05 bits per heavy atom. The molecule has 5 nitrogen and oxygen atoms in total. The number of carbonyl (C=O) groups excluding carboxylic acids is 1. The van der Waals surface area contributed by atoms with Crippen molar-refractivity contribution in [2.24, 2.45) is 5.84 Å². The standard InChI is InChI=1S/C16H20N4O/c1-12(7-8-13-5-3-2-4-6-13)19-16(21)14-9-10-18-11-15(14)20-17/h2-6,9-12,20H,7-8,17H2,1H3,(H,19,21). The van der Waals surface area contributed by atoms with Crippen molar-refractivity contribution in [1.29, 1.82) is 0 Å². The molecule has 1 amide bonds. The highest BCUT2D eigenvalue weighted by Crippen LogP contribution is 2.12. The summed E-state index contributed by atoms with van der Waals surface area (Å²) < 4.78 is 0. The molecule has 0 spiro atoms. The first-order valence-electron chi connectivity index (χ1n) is 6.96. The second-order valence-corrected chi connectivity index (χ2v) is 4.96. The molecular weight excluding hydrogens is 264 g/mol.